The number of nitrogens with one attached hydrogen (secondary N) is 1. The van der Waals surface area contributed by atoms with Crippen LogP contribution in [0.15, 0.2) is 12.1 Å². The van der Waals surface area contributed by atoms with Crippen LogP contribution in [0.5, 0.6) is 17.2 Å². The Kier molecular flexibility index (Phi) is 5.48. The van der Waals surface area contributed by atoms with Gasteiger partial charge in [-0.3, -0.25) is 9.59 Å². The summed E-state index contributed by atoms with van der Waals surface area (Å²) < 4.78 is 16.1. The van der Waals surface area contributed by atoms with Gasteiger partial charge in [0, 0.05) is 31.1 Å². The third-order valence-corrected chi connectivity index (χ3v) is 6.01. The van der Waals surface area contributed by atoms with E-state index >= 15 is 0 Å². The third kappa shape index (κ3) is 3.31. The van der Waals surface area contributed by atoms with Crippen molar-refractivity contribution in [2.75, 3.05) is 41.5 Å². The number of rotatable bonds is 5. The molecule has 0 aromatic heterocycles. The topological polar surface area (TPSA) is 77.1 Å². The number of ether oxygens (including phenoxy) is 3. The zero-order valence-corrected chi connectivity index (χ0v) is 16.5. The standard InChI is InChI=1S/C20H28N2O5/c1-21-18(23)14-11-22(12-20(14)7-5-6-8-20)19(24)13-9-15(25-2)17(27-4)16(10-13)26-3/h9-10,14H,5-8,11-12H2,1-4H3,(H,21,23). The van der Waals surface area contributed by atoms with Crippen LogP contribution in [-0.2, 0) is 4.79 Å². The van der Waals surface area contributed by atoms with Crippen LogP contribution < -0.4 is 19.5 Å². The first kappa shape index (κ1) is 19.3. The average Bonchev–Trinajstić information content (AvgIpc) is 3.33. The molecule has 1 unspecified atom stereocenters. The Labute approximate surface area is 160 Å². The lowest BCUT2D eigenvalue weighted by Gasteiger charge is -2.28. The SMILES string of the molecule is CNC(=O)C1CN(C(=O)c2cc(OC)c(OC)c(OC)c2)CC12CCCC2. The van der Waals surface area contributed by atoms with E-state index in [1.54, 1.807) is 24.1 Å². The van der Waals surface area contributed by atoms with E-state index in [1.807, 2.05) is 0 Å². The lowest BCUT2D eigenvalue weighted by molar-refractivity contribution is -0.127. The number of hydrogen-bond donors (Lipinski definition) is 1. The van der Waals surface area contributed by atoms with Gasteiger partial charge in [-0.25, -0.2) is 0 Å². The Balaban J connectivity index is 1.91. The maximum Gasteiger partial charge on any atom is 0.254 e. The van der Waals surface area contributed by atoms with Gasteiger partial charge in [-0.15, -0.1) is 0 Å². The lowest BCUT2D eigenvalue weighted by atomic mass is 9.76. The number of amides is 2. The first-order valence-electron chi connectivity index (χ1n) is 9.30. The second kappa shape index (κ2) is 7.66. The summed E-state index contributed by atoms with van der Waals surface area (Å²) in [6.45, 7) is 1.05. The second-order valence-electron chi connectivity index (χ2n) is 7.34. The predicted octanol–water partition coefficient (Wildman–Crippen LogP) is 2.09. The van der Waals surface area contributed by atoms with Gasteiger partial charge in [0.2, 0.25) is 11.7 Å². The highest BCUT2D eigenvalue weighted by Gasteiger charge is 2.52. The molecule has 7 heteroatoms. The minimum atomic E-state index is -0.156. The van der Waals surface area contributed by atoms with Gasteiger partial charge >= 0.3 is 0 Å². The van der Waals surface area contributed by atoms with E-state index < -0.39 is 0 Å². The molecule has 0 radical (unpaired) electrons. The fraction of sp³-hybridized carbons (Fsp3) is 0.600. The van der Waals surface area contributed by atoms with E-state index in [0.717, 1.165) is 25.7 Å². The summed E-state index contributed by atoms with van der Waals surface area (Å²) in [7, 11) is 6.24. The summed E-state index contributed by atoms with van der Waals surface area (Å²) >= 11 is 0. The molecule has 1 atom stereocenters. The fourth-order valence-corrected chi connectivity index (χ4v) is 4.63. The largest absolute Gasteiger partial charge is 0.493 e. The molecule has 1 aliphatic carbocycles. The number of nitrogens with zero attached hydrogens (tertiary/aromatic N) is 1. The zero-order chi connectivity index (χ0) is 19.6. The van der Waals surface area contributed by atoms with Gasteiger partial charge in [-0.05, 0) is 25.0 Å². The van der Waals surface area contributed by atoms with Gasteiger partial charge in [0.05, 0.1) is 27.2 Å². The Hall–Kier alpha value is -2.44. The molecule has 1 saturated carbocycles. The number of carbonyl (C=O) groups excluding carboxylic acids is 2. The highest BCUT2D eigenvalue weighted by atomic mass is 16.5. The molecule has 1 saturated heterocycles. The van der Waals surface area contributed by atoms with Crippen molar-refractivity contribution in [3.63, 3.8) is 0 Å². The highest BCUT2D eigenvalue weighted by molar-refractivity contribution is 5.96. The number of methoxy groups -OCH3 is 3. The van der Waals surface area contributed by atoms with E-state index in [-0.39, 0.29) is 23.1 Å². The van der Waals surface area contributed by atoms with Crippen LogP contribution in [0.2, 0.25) is 0 Å². The Morgan fingerprint density at radius 3 is 2.15 bits per heavy atom. The minimum Gasteiger partial charge on any atom is -0.493 e. The first-order chi connectivity index (χ1) is 13.0. The summed E-state index contributed by atoms with van der Waals surface area (Å²) in [6, 6.07) is 3.33. The number of benzene rings is 1. The molecule has 1 aromatic rings. The van der Waals surface area contributed by atoms with Crippen LogP contribution in [0, 0.1) is 11.3 Å². The van der Waals surface area contributed by atoms with Crippen molar-refractivity contribution >= 4 is 11.8 Å². The van der Waals surface area contributed by atoms with Crippen molar-refractivity contribution in [3.8, 4) is 17.2 Å². The van der Waals surface area contributed by atoms with Crippen LogP contribution in [0.1, 0.15) is 36.0 Å². The maximum absolute atomic E-state index is 13.2. The molecule has 3 rings (SSSR count). The molecule has 1 aliphatic heterocycles. The molecule has 0 bridgehead atoms. The fourth-order valence-electron chi connectivity index (χ4n) is 4.63. The minimum absolute atomic E-state index is 0.0251. The van der Waals surface area contributed by atoms with Gasteiger partial charge in [-0.1, -0.05) is 12.8 Å². The molecule has 1 aromatic carbocycles. The van der Waals surface area contributed by atoms with Crippen molar-refractivity contribution < 1.29 is 23.8 Å². The molecular weight excluding hydrogens is 348 g/mol. The Bertz CT molecular complexity index is 702. The van der Waals surface area contributed by atoms with E-state index in [2.05, 4.69) is 5.32 Å². The number of likely N-dealkylation sites (tertiary alicyclic amines) is 1. The molecule has 27 heavy (non-hydrogen) atoms. The summed E-state index contributed by atoms with van der Waals surface area (Å²) in [4.78, 5) is 27.5. The molecule has 1 spiro atoms. The van der Waals surface area contributed by atoms with Gasteiger partial charge in [0.15, 0.2) is 11.5 Å². The highest BCUT2D eigenvalue weighted by Crippen LogP contribution is 2.49. The molecule has 148 valence electrons. The number of carbonyl (C=O) groups is 2. The average molecular weight is 376 g/mol. The second-order valence-corrected chi connectivity index (χ2v) is 7.34. The first-order valence-corrected chi connectivity index (χ1v) is 9.30. The van der Waals surface area contributed by atoms with E-state index in [9.17, 15) is 9.59 Å². The summed E-state index contributed by atoms with van der Waals surface area (Å²) in [5.41, 5.74) is 0.367. The van der Waals surface area contributed by atoms with Crippen molar-refractivity contribution in [2.45, 2.75) is 25.7 Å². The lowest BCUT2D eigenvalue weighted by Crippen LogP contribution is -2.38. The van der Waals surface area contributed by atoms with Crippen LogP contribution in [0.3, 0.4) is 0 Å². The molecule has 2 aliphatic rings. The summed E-state index contributed by atoms with van der Waals surface area (Å²) in [5, 5.41) is 2.78. The van der Waals surface area contributed by atoms with E-state index in [0.29, 0.717) is 35.9 Å². The van der Waals surface area contributed by atoms with Gasteiger partial charge in [0.1, 0.15) is 0 Å². The quantitative estimate of drug-likeness (QED) is 0.852. The third-order valence-electron chi connectivity index (χ3n) is 6.01. The zero-order valence-electron chi connectivity index (χ0n) is 16.5. The van der Waals surface area contributed by atoms with Gasteiger partial charge in [-0.2, -0.15) is 0 Å². The molecular formula is C20H28N2O5. The maximum atomic E-state index is 13.2. The monoisotopic (exact) mass is 376 g/mol. The molecule has 2 amide bonds. The summed E-state index contributed by atoms with van der Waals surface area (Å²) in [6.07, 6.45) is 4.20. The van der Waals surface area contributed by atoms with E-state index in [1.165, 1.54) is 21.3 Å². The molecule has 1 N–H and O–H groups in total. The van der Waals surface area contributed by atoms with Crippen LogP contribution in [0.25, 0.3) is 0 Å². The van der Waals surface area contributed by atoms with Crippen molar-refractivity contribution in [2.24, 2.45) is 11.3 Å². The van der Waals surface area contributed by atoms with Crippen LogP contribution in [-0.4, -0.2) is 58.2 Å². The van der Waals surface area contributed by atoms with Crippen LogP contribution >= 0.6 is 0 Å². The van der Waals surface area contributed by atoms with Gasteiger partial charge in [0.25, 0.3) is 5.91 Å². The van der Waals surface area contributed by atoms with E-state index in [4.69, 9.17) is 14.2 Å². The molecule has 1 heterocycles. The van der Waals surface area contributed by atoms with Gasteiger partial charge < -0.3 is 24.4 Å². The Morgan fingerprint density at radius 2 is 1.67 bits per heavy atom. The van der Waals surface area contributed by atoms with Crippen molar-refractivity contribution in [3.05, 3.63) is 17.7 Å². The van der Waals surface area contributed by atoms with Crippen LogP contribution in [0.4, 0.5) is 0 Å². The molecule has 7 nitrogen and oxygen atoms in total. The Morgan fingerprint density at radius 1 is 1.07 bits per heavy atom. The smallest absolute Gasteiger partial charge is 0.254 e. The number of hydrogen-bond acceptors (Lipinski definition) is 5. The van der Waals surface area contributed by atoms with Crippen molar-refractivity contribution in [1.29, 1.82) is 0 Å². The molecule has 2 fully saturated rings. The van der Waals surface area contributed by atoms with Crippen molar-refractivity contribution in [1.82, 2.24) is 10.2 Å². The summed E-state index contributed by atoms with van der Waals surface area (Å²) in [5.74, 6) is 1.09. The predicted molar refractivity (Wildman–Crippen MR) is 100 cm³/mol. The normalized spacial score (nSPS) is 20.6.